The molecule has 120 valence electrons. The van der Waals surface area contributed by atoms with Gasteiger partial charge in [-0.25, -0.2) is 13.1 Å². The molecule has 0 radical (unpaired) electrons. The average Bonchev–Trinajstić information content (AvgIpc) is 3.10. The molecule has 0 aliphatic carbocycles. The van der Waals surface area contributed by atoms with Gasteiger partial charge in [-0.3, -0.25) is 4.68 Å². The second-order valence-electron chi connectivity index (χ2n) is 5.36. The Hall–Kier alpha value is -0.960. The molecule has 0 spiro atoms. The number of aromatic nitrogens is 2. The van der Waals surface area contributed by atoms with Gasteiger partial charge in [0.1, 0.15) is 4.90 Å². The monoisotopic (exact) mass is 316 g/mol. The van der Waals surface area contributed by atoms with Crippen LogP contribution in [0.25, 0.3) is 0 Å². The van der Waals surface area contributed by atoms with Crippen LogP contribution in [0.1, 0.15) is 26.2 Å². The molecule has 1 fully saturated rings. The van der Waals surface area contributed by atoms with Crippen LogP contribution in [0.15, 0.2) is 17.3 Å². The Labute approximate surface area is 126 Å². The van der Waals surface area contributed by atoms with E-state index in [-0.39, 0.29) is 17.0 Å². The lowest BCUT2D eigenvalue weighted by Crippen LogP contribution is -2.40. The molecule has 1 saturated heterocycles. The minimum Gasteiger partial charge on any atom is -0.377 e. The predicted octanol–water partition coefficient (Wildman–Crippen LogP) is 0.338. The molecule has 2 rings (SSSR count). The van der Waals surface area contributed by atoms with Crippen LogP contribution in [0.4, 0.5) is 0 Å². The summed E-state index contributed by atoms with van der Waals surface area (Å²) in [4.78, 5) is 0.205. The Morgan fingerprint density at radius 1 is 1.57 bits per heavy atom. The molecule has 7 nitrogen and oxygen atoms in total. The molecule has 0 saturated carbocycles. The number of rotatable bonds is 8. The van der Waals surface area contributed by atoms with E-state index in [9.17, 15) is 8.42 Å². The summed E-state index contributed by atoms with van der Waals surface area (Å²) in [7, 11) is -1.65. The van der Waals surface area contributed by atoms with E-state index in [1.54, 1.807) is 10.9 Å². The molecule has 21 heavy (non-hydrogen) atoms. The molecular formula is C13H24N4O3S. The minimum atomic E-state index is -3.54. The highest BCUT2D eigenvalue weighted by Gasteiger charge is 2.27. The molecule has 1 aliphatic rings. The number of hydrogen-bond donors (Lipinski definition) is 2. The summed E-state index contributed by atoms with van der Waals surface area (Å²) in [5.74, 6) is 0. The normalized spacial score (nSPS) is 20.8. The molecule has 0 bridgehead atoms. The summed E-state index contributed by atoms with van der Waals surface area (Å²) >= 11 is 0. The van der Waals surface area contributed by atoms with Crippen LogP contribution in [-0.4, -0.2) is 50.5 Å². The van der Waals surface area contributed by atoms with Crippen molar-refractivity contribution >= 4 is 10.0 Å². The largest absolute Gasteiger partial charge is 0.377 e. The first-order valence-corrected chi connectivity index (χ1v) is 8.82. The zero-order valence-electron chi connectivity index (χ0n) is 12.6. The molecule has 1 aromatic rings. The predicted molar refractivity (Wildman–Crippen MR) is 79.5 cm³/mol. The lowest BCUT2D eigenvalue weighted by molar-refractivity contribution is 0.0902. The lowest BCUT2D eigenvalue weighted by Gasteiger charge is -2.19. The van der Waals surface area contributed by atoms with Crippen molar-refractivity contribution in [3.63, 3.8) is 0 Å². The molecular weight excluding hydrogens is 292 g/mol. The molecule has 2 heterocycles. The fraction of sp³-hybridized carbons (Fsp3) is 0.769. The number of sulfonamides is 1. The lowest BCUT2D eigenvalue weighted by atomic mass is 10.1. The Balaban J connectivity index is 1.95. The summed E-state index contributed by atoms with van der Waals surface area (Å²) in [6.45, 7) is 4.11. The molecule has 2 N–H and O–H groups in total. The molecule has 2 unspecified atom stereocenters. The van der Waals surface area contributed by atoms with Gasteiger partial charge >= 0.3 is 0 Å². The standard InChI is InChI=1S/C13H24N4O3S/c1-11(13-5-3-8-20-13)16-21(18,19)12-9-15-17(10-12)7-4-6-14-2/h9-11,13-14,16H,3-8H2,1-2H3. The third kappa shape index (κ3) is 4.50. The highest BCUT2D eigenvalue weighted by molar-refractivity contribution is 7.89. The summed E-state index contributed by atoms with van der Waals surface area (Å²) in [6.07, 6.45) is 5.71. The van der Waals surface area contributed by atoms with E-state index in [4.69, 9.17) is 4.74 Å². The van der Waals surface area contributed by atoms with E-state index in [1.807, 2.05) is 14.0 Å². The number of ether oxygens (including phenoxy) is 1. The van der Waals surface area contributed by atoms with Gasteiger partial charge in [-0.2, -0.15) is 5.10 Å². The van der Waals surface area contributed by atoms with Crippen LogP contribution in [0.5, 0.6) is 0 Å². The summed E-state index contributed by atoms with van der Waals surface area (Å²) in [6, 6.07) is -0.231. The fourth-order valence-corrected chi connectivity index (χ4v) is 3.63. The van der Waals surface area contributed by atoms with Crippen molar-refractivity contribution < 1.29 is 13.2 Å². The van der Waals surface area contributed by atoms with Crippen LogP contribution < -0.4 is 10.0 Å². The summed E-state index contributed by atoms with van der Waals surface area (Å²) < 4.78 is 34.5. The van der Waals surface area contributed by atoms with Gasteiger partial charge in [0.2, 0.25) is 10.0 Å². The van der Waals surface area contributed by atoms with E-state index in [0.29, 0.717) is 13.2 Å². The topological polar surface area (TPSA) is 85.2 Å². The molecule has 2 atom stereocenters. The van der Waals surface area contributed by atoms with Gasteiger partial charge < -0.3 is 10.1 Å². The van der Waals surface area contributed by atoms with Gasteiger partial charge in [-0.1, -0.05) is 0 Å². The maximum Gasteiger partial charge on any atom is 0.244 e. The number of nitrogens with one attached hydrogen (secondary N) is 2. The zero-order chi connectivity index (χ0) is 15.3. The second-order valence-corrected chi connectivity index (χ2v) is 7.07. The van der Waals surface area contributed by atoms with Crippen molar-refractivity contribution in [2.24, 2.45) is 0 Å². The number of hydrogen-bond acceptors (Lipinski definition) is 5. The first kappa shape index (κ1) is 16.4. The number of nitrogens with zero attached hydrogens (tertiary/aromatic N) is 2. The maximum absolute atomic E-state index is 12.3. The van der Waals surface area contributed by atoms with Crippen LogP contribution >= 0.6 is 0 Å². The van der Waals surface area contributed by atoms with E-state index < -0.39 is 10.0 Å². The van der Waals surface area contributed by atoms with E-state index in [2.05, 4.69) is 15.1 Å². The van der Waals surface area contributed by atoms with Crippen LogP contribution in [0, 0.1) is 0 Å². The zero-order valence-corrected chi connectivity index (χ0v) is 13.4. The van der Waals surface area contributed by atoms with Gasteiger partial charge in [0.25, 0.3) is 0 Å². The highest BCUT2D eigenvalue weighted by atomic mass is 32.2. The first-order valence-electron chi connectivity index (χ1n) is 7.34. The molecule has 0 amide bonds. The third-order valence-corrected chi connectivity index (χ3v) is 5.11. The van der Waals surface area contributed by atoms with Crippen LogP contribution in [0.3, 0.4) is 0 Å². The fourth-order valence-electron chi connectivity index (χ4n) is 2.41. The highest BCUT2D eigenvalue weighted by Crippen LogP contribution is 2.17. The Kier molecular flexibility index (Phi) is 5.74. The van der Waals surface area contributed by atoms with Crippen molar-refractivity contribution in [1.82, 2.24) is 19.8 Å². The van der Waals surface area contributed by atoms with Crippen molar-refractivity contribution in [2.75, 3.05) is 20.2 Å². The van der Waals surface area contributed by atoms with Gasteiger partial charge in [-0.05, 0) is 39.8 Å². The Morgan fingerprint density at radius 3 is 3.05 bits per heavy atom. The molecule has 1 aliphatic heterocycles. The van der Waals surface area contributed by atoms with Gasteiger partial charge in [0.05, 0.1) is 12.3 Å². The molecule has 1 aromatic heterocycles. The molecule has 0 aromatic carbocycles. The molecule has 8 heteroatoms. The summed E-state index contributed by atoms with van der Waals surface area (Å²) in [5.41, 5.74) is 0. The van der Waals surface area contributed by atoms with E-state index in [1.165, 1.54) is 6.20 Å². The smallest absolute Gasteiger partial charge is 0.244 e. The minimum absolute atomic E-state index is 0.0366. The Bertz CT molecular complexity index is 537. The van der Waals surface area contributed by atoms with Crippen LogP contribution in [-0.2, 0) is 21.3 Å². The summed E-state index contributed by atoms with van der Waals surface area (Å²) in [5, 5.41) is 7.14. The van der Waals surface area contributed by atoms with Crippen molar-refractivity contribution in [2.45, 2.75) is 49.8 Å². The van der Waals surface area contributed by atoms with Crippen molar-refractivity contribution in [3.8, 4) is 0 Å². The van der Waals surface area contributed by atoms with Gasteiger partial charge in [0, 0.05) is 25.4 Å². The first-order chi connectivity index (χ1) is 10.0. The van der Waals surface area contributed by atoms with Crippen molar-refractivity contribution in [3.05, 3.63) is 12.4 Å². The van der Waals surface area contributed by atoms with Gasteiger partial charge in [0.15, 0.2) is 0 Å². The number of aryl methyl sites for hydroxylation is 1. The Morgan fingerprint density at radius 2 is 2.38 bits per heavy atom. The SMILES string of the molecule is CNCCCn1cc(S(=O)(=O)NC(C)C2CCCO2)cn1. The second kappa shape index (κ2) is 7.35. The van der Waals surface area contributed by atoms with E-state index in [0.717, 1.165) is 25.8 Å². The maximum atomic E-state index is 12.3. The van der Waals surface area contributed by atoms with Gasteiger partial charge in [-0.15, -0.1) is 0 Å². The van der Waals surface area contributed by atoms with Crippen LogP contribution in [0.2, 0.25) is 0 Å². The quantitative estimate of drug-likeness (QED) is 0.676. The average molecular weight is 316 g/mol. The van der Waals surface area contributed by atoms with Crippen molar-refractivity contribution in [1.29, 1.82) is 0 Å². The van der Waals surface area contributed by atoms with E-state index >= 15 is 0 Å². The third-order valence-electron chi connectivity index (χ3n) is 3.60.